The quantitative estimate of drug-likeness (QED) is 0.300. The molecule has 4 aromatic rings. The molecule has 152 valence electrons. The Balaban J connectivity index is 1.47. The fourth-order valence-corrected chi connectivity index (χ4v) is 4.17. The second-order valence-electron chi connectivity index (χ2n) is 6.80. The molecule has 0 aliphatic carbocycles. The van der Waals surface area contributed by atoms with Crippen molar-refractivity contribution in [1.82, 2.24) is 0 Å². The third-order valence-corrected chi connectivity index (χ3v) is 6.03. The molecule has 0 heterocycles. The number of fused-ring (bicyclic) bond motifs is 1. The van der Waals surface area contributed by atoms with Crippen molar-refractivity contribution in [3.05, 3.63) is 104 Å². The molecule has 0 unspecified atom stereocenters. The molecule has 1 N–H and O–H groups in total. The SMILES string of the molecule is Clc1ccc(NCc2cc(Cl)c(OCc3cccc4ccccc34)c(Cl)c2)cc1Cl. The lowest BCUT2D eigenvalue weighted by atomic mass is 10.1. The number of rotatable bonds is 6. The molecular formula is C24H17Cl4NO. The monoisotopic (exact) mass is 475 g/mol. The van der Waals surface area contributed by atoms with Gasteiger partial charge in [-0.2, -0.15) is 0 Å². The summed E-state index contributed by atoms with van der Waals surface area (Å²) in [5.74, 6) is 0.476. The molecule has 0 saturated carbocycles. The van der Waals surface area contributed by atoms with E-state index in [-0.39, 0.29) is 0 Å². The summed E-state index contributed by atoms with van der Waals surface area (Å²) < 4.78 is 5.99. The zero-order valence-electron chi connectivity index (χ0n) is 15.8. The summed E-state index contributed by atoms with van der Waals surface area (Å²) in [5.41, 5.74) is 2.85. The highest BCUT2D eigenvalue weighted by Gasteiger charge is 2.11. The van der Waals surface area contributed by atoms with Gasteiger partial charge in [0.1, 0.15) is 6.61 Å². The molecule has 0 spiro atoms. The van der Waals surface area contributed by atoms with Crippen molar-refractivity contribution < 1.29 is 4.74 Å². The molecule has 4 aromatic carbocycles. The Hall–Kier alpha value is -2.10. The first kappa shape index (κ1) is 21.1. The number of anilines is 1. The van der Waals surface area contributed by atoms with Crippen LogP contribution < -0.4 is 10.1 Å². The third-order valence-electron chi connectivity index (χ3n) is 4.73. The van der Waals surface area contributed by atoms with Crippen molar-refractivity contribution >= 4 is 62.9 Å². The minimum Gasteiger partial charge on any atom is -0.486 e. The van der Waals surface area contributed by atoms with Gasteiger partial charge in [0.25, 0.3) is 0 Å². The van der Waals surface area contributed by atoms with Crippen molar-refractivity contribution in [3.63, 3.8) is 0 Å². The van der Waals surface area contributed by atoms with Crippen LogP contribution >= 0.6 is 46.4 Å². The second kappa shape index (κ2) is 9.36. The summed E-state index contributed by atoms with van der Waals surface area (Å²) in [4.78, 5) is 0. The van der Waals surface area contributed by atoms with E-state index in [1.165, 1.54) is 5.39 Å². The van der Waals surface area contributed by atoms with Crippen molar-refractivity contribution in [2.45, 2.75) is 13.2 Å². The van der Waals surface area contributed by atoms with E-state index in [0.717, 1.165) is 22.2 Å². The normalized spacial score (nSPS) is 10.9. The largest absolute Gasteiger partial charge is 0.486 e. The Bertz CT molecular complexity index is 1180. The highest BCUT2D eigenvalue weighted by molar-refractivity contribution is 6.42. The molecule has 2 nitrogen and oxygen atoms in total. The smallest absolute Gasteiger partial charge is 0.156 e. The number of halogens is 4. The van der Waals surface area contributed by atoms with Crippen LogP contribution in [0.4, 0.5) is 5.69 Å². The zero-order valence-corrected chi connectivity index (χ0v) is 18.8. The molecule has 0 atom stereocenters. The maximum absolute atomic E-state index is 6.47. The van der Waals surface area contributed by atoms with Gasteiger partial charge >= 0.3 is 0 Å². The standard InChI is InChI=1S/C24H17Cl4NO/c25-20-9-8-18(12-21(20)26)29-13-15-10-22(27)24(23(28)11-15)30-14-17-6-3-5-16-4-1-2-7-19(16)17/h1-12,29H,13-14H2. The van der Waals surface area contributed by atoms with Gasteiger partial charge in [-0.05, 0) is 52.2 Å². The van der Waals surface area contributed by atoms with Crippen LogP contribution in [0.3, 0.4) is 0 Å². The van der Waals surface area contributed by atoms with E-state index in [4.69, 9.17) is 51.1 Å². The van der Waals surface area contributed by atoms with Gasteiger partial charge in [0.05, 0.1) is 20.1 Å². The van der Waals surface area contributed by atoms with Gasteiger partial charge in [-0.15, -0.1) is 0 Å². The topological polar surface area (TPSA) is 21.3 Å². The van der Waals surface area contributed by atoms with E-state index in [0.29, 0.717) is 39.0 Å². The summed E-state index contributed by atoms with van der Waals surface area (Å²) in [5, 5.41) is 7.54. The van der Waals surface area contributed by atoms with E-state index < -0.39 is 0 Å². The predicted molar refractivity (Wildman–Crippen MR) is 129 cm³/mol. The van der Waals surface area contributed by atoms with E-state index in [1.807, 2.05) is 42.5 Å². The molecule has 0 fully saturated rings. The molecule has 6 heteroatoms. The van der Waals surface area contributed by atoms with Gasteiger partial charge in [-0.25, -0.2) is 0 Å². The first-order valence-electron chi connectivity index (χ1n) is 9.27. The van der Waals surface area contributed by atoms with Crippen LogP contribution in [0.15, 0.2) is 72.8 Å². The molecule has 30 heavy (non-hydrogen) atoms. The molecular weight excluding hydrogens is 460 g/mol. The number of hydrogen-bond acceptors (Lipinski definition) is 2. The van der Waals surface area contributed by atoms with E-state index in [9.17, 15) is 0 Å². The Labute approximate surface area is 195 Å². The van der Waals surface area contributed by atoms with Crippen LogP contribution in [-0.2, 0) is 13.2 Å². The maximum atomic E-state index is 6.47. The molecule has 0 radical (unpaired) electrons. The molecule has 0 aliphatic rings. The lowest BCUT2D eigenvalue weighted by Crippen LogP contribution is -2.01. The predicted octanol–water partition coefficient (Wildman–Crippen LogP) is 8.64. The fraction of sp³-hybridized carbons (Fsp3) is 0.0833. The molecule has 0 saturated heterocycles. The Morgan fingerprint density at radius 1 is 0.700 bits per heavy atom. The highest BCUT2D eigenvalue weighted by atomic mass is 35.5. The summed E-state index contributed by atoms with van der Waals surface area (Å²) in [6.07, 6.45) is 0. The van der Waals surface area contributed by atoms with E-state index >= 15 is 0 Å². The van der Waals surface area contributed by atoms with Crippen molar-refractivity contribution in [2.24, 2.45) is 0 Å². The van der Waals surface area contributed by atoms with Gasteiger partial charge in [0.15, 0.2) is 5.75 Å². The van der Waals surface area contributed by atoms with Crippen LogP contribution in [0.1, 0.15) is 11.1 Å². The van der Waals surface area contributed by atoms with Gasteiger partial charge in [0.2, 0.25) is 0 Å². The van der Waals surface area contributed by atoms with Gasteiger partial charge in [-0.1, -0.05) is 88.9 Å². The Morgan fingerprint density at radius 3 is 2.20 bits per heavy atom. The van der Waals surface area contributed by atoms with Crippen molar-refractivity contribution in [3.8, 4) is 5.75 Å². The average molecular weight is 477 g/mol. The number of hydrogen-bond donors (Lipinski definition) is 1. The summed E-state index contributed by atoms with van der Waals surface area (Å²) in [6.45, 7) is 0.905. The van der Waals surface area contributed by atoms with Crippen LogP contribution in [0.5, 0.6) is 5.75 Å². The summed E-state index contributed by atoms with van der Waals surface area (Å²) >= 11 is 25.0. The van der Waals surface area contributed by atoms with Crippen LogP contribution in [0.2, 0.25) is 20.1 Å². The minimum absolute atomic E-state index is 0.377. The highest BCUT2D eigenvalue weighted by Crippen LogP contribution is 2.35. The average Bonchev–Trinajstić information content (AvgIpc) is 2.74. The summed E-state index contributed by atoms with van der Waals surface area (Å²) in [7, 11) is 0. The first-order valence-corrected chi connectivity index (χ1v) is 10.8. The maximum Gasteiger partial charge on any atom is 0.156 e. The van der Waals surface area contributed by atoms with Gasteiger partial charge < -0.3 is 10.1 Å². The molecule has 0 aliphatic heterocycles. The van der Waals surface area contributed by atoms with Gasteiger partial charge in [-0.3, -0.25) is 0 Å². The first-order chi connectivity index (χ1) is 14.5. The number of nitrogens with one attached hydrogen (secondary N) is 1. The molecule has 4 rings (SSSR count). The van der Waals surface area contributed by atoms with Crippen LogP contribution in [-0.4, -0.2) is 0 Å². The van der Waals surface area contributed by atoms with E-state index in [2.05, 4.69) is 23.5 Å². The third kappa shape index (κ3) is 4.79. The van der Waals surface area contributed by atoms with Crippen molar-refractivity contribution in [1.29, 1.82) is 0 Å². The molecule has 0 aromatic heterocycles. The van der Waals surface area contributed by atoms with Crippen LogP contribution in [0.25, 0.3) is 10.8 Å². The molecule has 0 bridgehead atoms. The van der Waals surface area contributed by atoms with E-state index in [1.54, 1.807) is 12.1 Å². The van der Waals surface area contributed by atoms with Crippen molar-refractivity contribution in [2.75, 3.05) is 5.32 Å². The minimum atomic E-state index is 0.377. The number of benzene rings is 4. The lowest BCUT2D eigenvalue weighted by molar-refractivity contribution is 0.308. The fourth-order valence-electron chi connectivity index (χ4n) is 3.23. The summed E-state index contributed by atoms with van der Waals surface area (Å²) in [6, 6.07) is 23.4. The van der Waals surface area contributed by atoms with Gasteiger partial charge in [0, 0.05) is 12.2 Å². The molecule has 0 amide bonds. The Kier molecular flexibility index (Phi) is 6.60. The Morgan fingerprint density at radius 2 is 1.43 bits per heavy atom. The number of ether oxygens (including phenoxy) is 1. The zero-order chi connectivity index (χ0) is 21.1. The second-order valence-corrected chi connectivity index (χ2v) is 8.43. The lowest BCUT2D eigenvalue weighted by Gasteiger charge is -2.14. The van der Waals surface area contributed by atoms with Crippen LogP contribution in [0, 0.1) is 0 Å².